The number of aromatic nitrogens is 1. The van der Waals surface area contributed by atoms with Crippen LogP contribution in [0.4, 0.5) is 0 Å². The molecule has 0 atom stereocenters. The second-order valence-corrected chi connectivity index (χ2v) is 6.98. The Balaban J connectivity index is 0.00000225. The smallest absolute Gasteiger partial charge is 0.191 e. The first-order chi connectivity index (χ1) is 11.8. The third kappa shape index (κ3) is 5.40. The van der Waals surface area contributed by atoms with E-state index < -0.39 is 0 Å². The van der Waals surface area contributed by atoms with Gasteiger partial charge in [0.1, 0.15) is 0 Å². The lowest BCUT2D eigenvalue weighted by atomic mass is 10.1. The monoisotopic (exact) mass is 466 g/mol. The summed E-state index contributed by atoms with van der Waals surface area (Å²) in [5.74, 6) is 0.828. The molecule has 0 aliphatic carbocycles. The van der Waals surface area contributed by atoms with E-state index in [2.05, 4.69) is 63.9 Å². The maximum atomic E-state index is 4.51. The van der Waals surface area contributed by atoms with Crippen LogP contribution in [0, 0.1) is 6.92 Å². The molecule has 6 heteroatoms. The van der Waals surface area contributed by atoms with Gasteiger partial charge in [0.05, 0.1) is 12.1 Å². The van der Waals surface area contributed by atoms with Crippen LogP contribution in [0.15, 0.2) is 53.7 Å². The molecule has 0 saturated heterocycles. The average molecular weight is 466 g/mol. The van der Waals surface area contributed by atoms with Crippen molar-refractivity contribution >= 4 is 52.2 Å². The van der Waals surface area contributed by atoms with Crippen molar-refractivity contribution < 1.29 is 0 Å². The van der Waals surface area contributed by atoms with Crippen LogP contribution in [-0.4, -0.2) is 24.5 Å². The summed E-state index contributed by atoms with van der Waals surface area (Å²) in [7, 11) is 1.80. The highest BCUT2D eigenvalue weighted by Crippen LogP contribution is 2.16. The molecule has 0 amide bonds. The van der Waals surface area contributed by atoms with E-state index in [9.17, 15) is 0 Å². The van der Waals surface area contributed by atoms with Crippen molar-refractivity contribution in [2.24, 2.45) is 4.99 Å². The van der Waals surface area contributed by atoms with Crippen molar-refractivity contribution in [2.45, 2.75) is 19.9 Å². The molecule has 0 bridgehead atoms. The van der Waals surface area contributed by atoms with Gasteiger partial charge in [-0.25, -0.2) is 0 Å². The molecule has 0 saturated carbocycles. The first kappa shape index (κ1) is 19.7. The molecule has 0 aliphatic heterocycles. The Hall–Kier alpha value is -1.67. The molecule has 0 radical (unpaired) electrons. The van der Waals surface area contributed by atoms with Gasteiger partial charge in [0.2, 0.25) is 0 Å². The number of thiophene rings is 1. The van der Waals surface area contributed by atoms with E-state index in [0.717, 1.165) is 31.0 Å². The van der Waals surface area contributed by atoms with Crippen molar-refractivity contribution in [3.8, 4) is 0 Å². The largest absolute Gasteiger partial charge is 0.356 e. The molecule has 2 heterocycles. The van der Waals surface area contributed by atoms with Gasteiger partial charge in [-0.15, -0.1) is 35.3 Å². The molecular weight excluding hydrogens is 443 g/mol. The predicted molar refractivity (Wildman–Crippen MR) is 118 cm³/mol. The van der Waals surface area contributed by atoms with E-state index in [0.29, 0.717) is 0 Å². The third-order valence-electron chi connectivity index (χ3n) is 3.85. The average Bonchev–Trinajstić information content (AvgIpc) is 3.03. The molecule has 1 aromatic carbocycles. The summed E-state index contributed by atoms with van der Waals surface area (Å²) in [4.78, 5) is 11.4. The van der Waals surface area contributed by atoms with Gasteiger partial charge >= 0.3 is 0 Å². The number of benzene rings is 1. The van der Waals surface area contributed by atoms with Crippen LogP contribution in [0.25, 0.3) is 10.9 Å². The fourth-order valence-electron chi connectivity index (χ4n) is 2.66. The number of hydrogen-bond donors (Lipinski definition) is 2. The van der Waals surface area contributed by atoms with Crippen LogP contribution < -0.4 is 10.6 Å². The summed E-state index contributed by atoms with van der Waals surface area (Å²) in [6.45, 7) is 3.74. The lowest BCUT2D eigenvalue weighted by molar-refractivity contribution is 0.801. The van der Waals surface area contributed by atoms with Crippen LogP contribution in [-0.2, 0) is 13.0 Å². The van der Waals surface area contributed by atoms with Crippen molar-refractivity contribution in [3.05, 3.63) is 64.0 Å². The van der Waals surface area contributed by atoms with Crippen LogP contribution in [0.5, 0.6) is 0 Å². The van der Waals surface area contributed by atoms with E-state index in [1.165, 1.54) is 20.7 Å². The van der Waals surface area contributed by atoms with Crippen LogP contribution in [0.3, 0.4) is 0 Å². The first-order valence-electron chi connectivity index (χ1n) is 8.09. The molecule has 3 aromatic rings. The fraction of sp³-hybridized carbons (Fsp3) is 0.263. The molecule has 2 aromatic heterocycles. The van der Waals surface area contributed by atoms with Gasteiger partial charge in [-0.1, -0.05) is 24.3 Å². The van der Waals surface area contributed by atoms with Crippen molar-refractivity contribution in [1.29, 1.82) is 0 Å². The minimum Gasteiger partial charge on any atom is -0.356 e. The van der Waals surface area contributed by atoms with Crippen molar-refractivity contribution in [3.63, 3.8) is 0 Å². The molecule has 4 nitrogen and oxygen atoms in total. The van der Waals surface area contributed by atoms with Crippen molar-refractivity contribution in [2.75, 3.05) is 13.6 Å². The van der Waals surface area contributed by atoms with E-state index in [4.69, 9.17) is 0 Å². The number of aryl methyl sites for hydroxylation is 1. The summed E-state index contributed by atoms with van der Waals surface area (Å²) in [5.41, 5.74) is 2.34. The van der Waals surface area contributed by atoms with Gasteiger partial charge in [0.25, 0.3) is 0 Å². The number of guanidine groups is 1. The number of pyridine rings is 1. The number of halogens is 1. The summed E-state index contributed by atoms with van der Waals surface area (Å²) >= 11 is 1.81. The third-order valence-corrected chi connectivity index (χ3v) is 4.85. The Morgan fingerprint density at radius 3 is 2.72 bits per heavy atom. The van der Waals surface area contributed by atoms with Crippen LogP contribution >= 0.6 is 35.3 Å². The quantitative estimate of drug-likeness (QED) is 0.338. The van der Waals surface area contributed by atoms with Gasteiger partial charge in [0, 0.05) is 34.9 Å². The number of rotatable bonds is 5. The molecule has 25 heavy (non-hydrogen) atoms. The van der Waals surface area contributed by atoms with E-state index in [1.54, 1.807) is 7.05 Å². The maximum absolute atomic E-state index is 4.51. The molecule has 2 N–H and O–H groups in total. The lowest BCUT2D eigenvalue weighted by Crippen LogP contribution is -2.37. The number of para-hydroxylation sites is 1. The zero-order valence-electron chi connectivity index (χ0n) is 14.5. The normalized spacial score (nSPS) is 11.2. The Kier molecular flexibility index (Phi) is 7.64. The van der Waals surface area contributed by atoms with Gasteiger partial charge in [0.15, 0.2) is 5.96 Å². The zero-order chi connectivity index (χ0) is 16.8. The summed E-state index contributed by atoms with van der Waals surface area (Å²) in [6.07, 6.45) is 2.76. The Labute approximate surface area is 169 Å². The molecule has 0 aliphatic rings. The number of nitrogens with zero attached hydrogens (tertiary/aromatic N) is 2. The van der Waals surface area contributed by atoms with Gasteiger partial charge < -0.3 is 10.6 Å². The summed E-state index contributed by atoms with van der Waals surface area (Å²) in [5, 5.41) is 7.92. The van der Waals surface area contributed by atoms with Crippen LogP contribution in [0.2, 0.25) is 0 Å². The van der Waals surface area contributed by atoms with Gasteiger partial charge in [-0.05, 0) is 37.1 Å². The SMILES string of the molecule is CN=C(NCCc1cccc2cccnc12)NCc1ccc(C)s1.I. The fourth-order valence-corrected chi connectivity index (χ4v) is 3.49. The second kappa shape index (κ2) is 9.72. The minimum absolute atomic E-state index is 0. The standard InChI is InChI=1S/C19H22N4S.HI/c1-14-8-9-17(24-14)13-23-19(20-2)22-12-10-16-6-3-5-15-7-4-11-21-18(15)16;/h3-9,11H,10,12-13H2,1-2H3,(H2,20,22,23);1H. The Bertz CT molecular complexity index is 839. The lowest BCUT2D eigenvalue weighted by Gasteiger charge is -2.12. The topological polar surface area (TPSA) is 49.3 Å². The number of aliphatic imine (C=N–C) groups is 1. The minimum atomic E-state index is 0. The zero-order valence-corrected chi connectivity index (χ0v) is 17.6. The van der Waals surface area contributed by atoms with Gasteiger partial charge in [-0.2, -0.15) is 0 Å². The van der Waals surface area contributed by atoms with Crippen LogP contribution in [0.1, 0.15) is 15.3 Å². The van der Waals surface area contributed by atoms with E-state index >= 15 is 0 Å². The maximum Gasteiger partial charge on any atom is 0.191 e. The van der Waals surface area contributed by atoms with E-state index in [1.807, 2.05) is 23.6 Å². The number of fused-ring (bicyclic) bond motifs is 1. The molecule has 0 unspecified atom stereocenters. The second-order valence-electron chi connectivity index (χ2n) is 5.61. The highest BCUT2D eigenvalue weighted by atomic mass is 127. The molecule has 132 valence electrons. The highest BCUT2D eigenvalue weighted by molar-refractivity contribution is 14.0. The summed E-state index contributed by atoms with van der Waals surface area (Å²) in [6, 6.07) is 14.7. The highest BCUT2D eigenvalue weighted by Gasteiger charge is 2.03. The first-order valence-corrected chi connectivity index (χ1v) is 8.90. The van der Waals surface area contributed by atoms with Crippen molar-refractivity contribution in [1.82, 2.24) is 15.6 Å². The molecule has 3 rings (SSSR count). The van der Waals surface area contributed by atoms with E-state index in [-0.39, 0.29) is 24.0 Å². The number of hydrogen-bond acceptors (Lipinski definition) is 3. The molecular formula is C19H23IN4S. The molecule has 0 fully saturated rings. The Morgan fingerprint density at radius 1 is 1.12 bits per heavy atom. The summed E-state index contributed by atoms with van der Waals surface area (Å²) < 4.78 is 0. The Morgan fingerprint density at radius 2 is 1.96 bits per heavy atom. The predicted octanol–water partition coefficient (Wildman–Crippen LogP) is 4.13. The van der Waals surface area contributed by atoms with Gasteiger partial charge in [-0.3, -0.25) is 9.98 Å². The molecule has 0 spiro atoms. The number of nitrogens with one attached hydrogen (secondary N) is 2.